The summed E-state index contributed by atoms with van der Waals surface area (Å²) in [7, 11) is 0. The molecule has 0 fully saturated rings. The van der Waals surface area contributed by atoms with Crippen molar-refractivity contribution in [3.05, 3.63) is 54.1 Å². The van der Waals surface area contributed by atoms with Gasteiger partial charge in [-0.05, 0) is 24.1 Å². The molecule has 0 aliphatic rings. The maximum Gasteiger partial charge on any atom is 0.138 e. The minimum atomic E-state index is 0.687. The predicted octanol–water partition coefficient (Wildman–Crippen LogP) is 5.33. The number of hydrogen-bond donors (Lipinski definition) is 1. The van der Waals surface area contributed by atoms with E-state index in [-0.39, 0.29) is 0 Å². The number of nitrogens with zero attached hydrogens (tertiary/aromatic N) is 1. The zero-order chi connectivity index (χ0) is 15.9. The molecule has 23 heavy (non-hydrogen) atoms. The van der Waals surface area contributed by atoms with E-state index in [1.807, 2.05) is 24.3 Å². The minimum absolute atomic E-state index is 0.687. The summed E-state index contributed by atoms with van der Waals surface area (Å²) in [4.78, 5) is 7.99. The Balaban J connectivity index is 1.56. The number of hydrogen-bond acceptors (Lipinski definition) is 2. The molecule has 0 saturated heterocycles. The summed E-state index contributed by atoms with van der Waals surface area (Å²) in [6, 6.07) is 16.5. The van der Waals surface area contributed by atoms with Crippen molar-refractivity contribution in [2.24, 2.45) is 0 Å². The number of nitrogens with one attached hydrogen (secondary N) is 1. The van der Waals surface area contributed by atoms with Gasteiger partial charge < -0.3 is 9.72 Å². The molecule has 0 atom stereocenters. The molecule has 0 radical (unpaired) electrons. The molecule has 0 spiro atoms. The van der Waals surface area contributed by atoms with E-state index in [2.05, 4.69) is 41.2 Å². The van der Waals surface area contributed by atoms with Crippen LogP contribution in [0.5, 0.6) is 0 Å². The smallest absolute Gasteiger partial charge is 0.138 e. The monoisotopic (exact) mass is 308 g/mol. The van der Waals surface area contributed by atoms with Crippen molar-refractivity contribution >= 4 is 11.0 Å². The molecule has 0 unspecified atom stereocenters. The first-order valence-corrected chi connectivity index (χ1v) is 8.48. The van der Waals surface area contributed by atoms with Crippen LogP contribution >= 0.6 is 0 Å². The highest BCUT2D eigenvalue weighted by atomic mass is 16.5. The van der Waals surface area contributed by atoms with Crippen LogP contribution in [-0.4, -0.2) is 16.6 Å². The van der Waals surface area contributed by atoms with Gasteiger partial charge in [0.15, 0.2) is 0 Å². The highest BCUT2D eigenvalue weighted by Gasteiger charge is 2.04. The van der Waals surface area contributed by atoms with E-state index in [0.717, 1.165) is 35.4 Å². The van der Waals surface area contributed by atoms with Crippen LogP contribution < -0.4 is 0 Å². The fraction of sp³-hybridized carbons (Fsp3) is 0.350. The molecule has 2 aromatic carbocycles. The number of fused-ring (bicyclic) bond motifs is 1. The van der Waals surface area contributed by atoms with E-state index in [9.17, 15) is 0 Å². The van der Waals surface area contributed by atoms with Gasteiger partial charge in [0, 0.05) is 12.2 Å². The molecule has 0 aliphatic heterocycles. The van der Waals surface area contributed by atoms with Crippen LogP contribution in [0.4, 0.5) is 0 Å². The minimum Gasteiger partial charge on any atom is -0.377 e. The van der Waals surface area contributed by atoms with Crippen molar-refractivity contribution in [2.45, 2.75) is 39.2 Å². The number of rotatable bonds is 8. The summed E-state index contributed by atoms with van der Waals surface area (Å²) >= 11 is 0. The maximum atomic E-state index is 5.74. The van der Waals surface area contributed by atoms with Crippen molar-refractivity contribution in [3.63, 3.8) is 0 Å². The largest absolute Gasteiger partial charge is 0.377 e. The second-order valence-electron chi connectivity index (χ2n) is 5.91. The lowest BCUT2D eigenvalue weighted by molar-refractivity contribution is 0.117. The average molecular weight is 308 g/mol. The number of benzene rings is 2. The Morgan fingerprint density at radius 1 is 0.957 bits per heavy atom. The molecule has 3 aromatic rings. The molecular formula is C20H24N2O. The topological polar surface area (TPSA) is 37.9 Å². The molecule has 3 rings (SSSR count). The molecule has 3 nitrogen and oxygen atoms in total. The third-order valence-electron chi connectivity index (χ3n) is 4.03. The van der Waals surface area contributed by atoms with E-state index in [1.165, 1.54) is 24.8 Å². The van der Waals surface area contributed by atoms with Crippen molar-refractivity contribution in [3.8, 4) is 11.4 Å². The van der Waals surface area contributed by atoms with Crippen molar-refractivity contribution in [2.75, 3.05) is 6.61 Å². The number of H-pyrrole nitrogens is 1. The first kappa shape index (κ1) is 15.8. The second kappa shape index (κ2) is 7.93. The van der Waals surface area contributed by atoms with Gasteiger partial charge in [-0.2, -0.15) is 0 Å². The van der Waals surface area contributed by atoms with Crippen LogP contribution in [-0.2, 0) is 11.3 Å². The Kier molecular flexibility index (Phi) is 5.43. The molecular weight excluding hydrogens is 284 g/mol. The number of aromatic nitrogens is 2. The normalized spacial score (nSPS) is 11.2. The van der Waals surface area contributed by atoms with Gasteiger partial charge in [0.1, 0.15) is 5.82 Å². The van der Waals surface area contributed by atoms with Crippen LogP contribution in [0.2, 0.25) is 0 Å². The van der Waals surface area contributed by atoms with E-state index < -0.39 is 0 Å². The first-order chi connectivity index (χ1) is 11.4. The fourth-order valence-corrected chi connectivity index (χ4v) is 2.67. The van der Waals surface area contributed by atoms with E-state index in [4.69, 9.17) is 4.74 Å². The lowest BCUT2D eigenvalue weighted by Crippen LogP contribution is -1.95. The fourth-order valence-electron chi connectivity index (χ4n) is 2.67. The molecule has 3 heteroatoms. The Bertz CT molecular complexity index is 698. The molecule has 1 N–H and O–H groups in total. The zero-order valence-electron chi connectivity index (χ0n) is 13.7. The van der Waals surface area contributed by atoms with Gasteiger partial charge in [0.25, 0.3) is 0 Å². The van der Waals surface area contributed by atoms with Gasteiger partial charge in [-0.15, -0.1) is 0 Å². The lowest BCUT2D eigenvalue weighted by atomic mass is 10.1. The van der Waals surface area contributed by atoms with Gasteiger partial charge in [-0.1, -0.05) is 62.6 Å². The third-order valence-corrected chi connectivity index (χ3v) is 4.03. The molecule has 0 amide bonds. The third kappa shape index (κ3) is 4.20. The maximum absolute atomic E-state index is 5.74. The van der Waals surface area contributed by atoms with Crippen LogP contribution in [0.15, 0.2) is 48.5 Å². The average Bonchev–Trinajstić information content (AvgIpc) is 3.02. The summed E-state index contributed by atoms with van der Waals surface area (Å²) < 4.78 is 5.74. The molecule has 1 aromatic heterocycles. The first-order valence-electron chi connectivity index (χ1n) is 8.48. The van der Waals surface area contributed by atoms with E-state index >= 15 is 0 Å². The highest BCUT2D eigenvalue weighted by molar-refractivity contribution is 5.79. The SMILES string of the molecule is CCCCCCOCc1ccc(-c2nc3ccccc3[nH]2)cc1. The van der Waals surface area contributed by atoms with Gasteiger partial charge in [-0.3, -0.25) is 0 Å². The number of para-hydroxylation sites is 2. The number of imidazole rings is 1. The number of unbranched alkanes of at least 4 members (excludes halogenated alkanes) is 3. The summed E-state index contributed by atoms with van der Waals surface area (Å²) in [5.74, 6) is 0.915. The van der Waals surface area contributed by atoms with Crippen molar-refractivity contribution < 1.29 is 4.74 Å². The molecule has 0 bridgehead atoms. The van der Waals surface area contributed by atoms with E-state index in [0.29, 0.717) is 6.61 Å². The summed E-state index contributed by atoms with van der Waals surface area (Å²) in [6.07, 6.45) is 4.99. The quantitative estimate of drug-likeness (QED) is 0.571. The van der Waals surface area contributed by atoms with Gasteiger partial charge >= 0.3 is 0 Å². The van der Waals surface area contributed by atoms with Crippen LogP contribution in [0.25, 0.3) is 22.4 Å². The Labute approximate surface area is 137 Å². The Morgan fingerprint density at radius 3 is 2.57 bits per heavy atom. The van der Waals surface area contributed by atoms with Gasteiger partial charge in [0.05, 0.1) is 17.6 Å². The van der Waals surface area contributed by atoms with Gasteiger partial charge in [-0.25, -0.2) is 4.98 Å². The van der Waals surface area contributed by atoms with Crippen LogP contribution in [0.1, 0.15) is 38.2 Å². The summed E-state index contributed by atoms with van der Waals surface area (Å²) in [6.45, 7) is 3.77. The van der Waals surface area contributed by atoms with Crippen molar-refractivity contribution in [1.29, 1.82) is 0 Å². The van der Waals surface area contributed by atoms with Crippen LogP contribution in [0.3, 0.4) is 0 Å². The summed E-state index contributed by atoms with van der Waals surface area (Å²) in [5.41, 5.74) is 4.39. The Morgan fingerprint density at radius 2 is 1.78 bits per heavy atom. The Hall–Kier alpha value is -2.13. The summed E-state index contributed by atoms with van der Waals surface area (Å²) in [5, 5.41) is 0. The standard InChI is InChI=1S/C20H24N2O/c1-2-3-4-7-14-23-15-16-10-12-17(13-11-16)20-21-18-8-5-6-9-19(18)22-20/h5-6,8-13H,2-4,7,14-15H2,1H3,(H,21,22). The second-order valence-corrected chi connectivity index (χ2v) is 5.91. The lowest BCUT2D eigenvalue weighted by Gasteiger charge is -2.05. The van der Waals surface area contributed by atoms with Crippen molar-refractivity contribution in [1.82, 2.24) is 9.97 Å². The molecule has 120 valence electrons. The predicted molar refractivity (Wildman–Crippen MR) is 95.3 cm³/mol. The zero-order valence-corrected chi connectivity index (χ0v) is 13.7. The highest BCUT2D eigenvalue weighted by Crippen LogP contribution is 2.20. The van der Waals surface area contributed by atoms with E-state index in [1.54, 1.807) is 0 Å². The number of ether oxygens (including phenoxy) is 1. The molecule has 0 aliphatic carbocycles. The van der Waals surface area contributed by atoms with Gasteiger partial charge in [0.2, 0.25) is 0 Å². The molecule has 1 heterocycles. The van der Waals surface area contributed by atoms with Crippen LogP contribution in [0, 0.1) is 0 Å². The number of aromatic amines is 1. The molecule has 0 saturated carbocycles.